The van der Waals surface area contributed by atoms with Crippen LogP contribution in [0.1, 0.15) is 83.3 Å². The molecule has 3 aliphatic carbocycles. The van der Waals surface area contributed by atoms with Gasteiger partial charge in [0.05, 0.1) is 5.75 Å². The number of benzene rings is 1. The van der Waals surface area contributed by atoms with Crippen molar-refractivity contribution < 1.29 is 18.3 Å². The highest BCUT2D eigenvalue weighted by atomic mass is 32.2. The number of fused-ring (bicyclic) bond motifs is 4. The minimum Gasteiger partial charge on any atom is -0.481 e. The van der Waals surface area contributed by atoms with Gasteiger partial charge < -0.3 is 10.4 Å². The van der Waals surface area contributed by atoms with E-state index in [4.69, 9.17) is 5.11 Å². The highest BCUT2D eigenvalue weighted by molar-refractivity contribution is 7.89. The first kappa shape index (κ1) is 25.2. The summed E-state index contributed by atoms with van der Waals surface area (Å²) in [7, 11) is -3.40. The summed E-state index contributed by atoms with van der Waals surface area (Å²) in [6.07, 6.45) is 7.77. The van der Waals surface area contributed by atoms with Gasteiger partial charge in [-0.05, 0) is 86.2 Å². The average molecular weight is 503 g/mol. The molecule has 4 aliphatic rings. The molecule has 6 nitrogen and oxygen atoms in total. The second-order valence-electron chi connectivity index (χ2n) is 12.5. The zero-order chi connectivity index (χ0) is 25.1. The van der Waals surface area contributed by atoms with Crippen molar-refractivity contribution in [2.75, 3.05) is 18.8 Å². The first-order valence-corrected chi connectivity index (χ1v) is 15.1. The quantitative estimate of drug-likeness (QED) is 0.552. The largest absolute Gasteiger partial charge is 0.481 e. The fourth-order valence-corrected chi connectivity index (χ4v) is 10.6. The molecule has 2 bridgehead atoms. The summed E-state index contributed by atoms with van der Waals surface area (Å²) in [4.78, 5) is 11.0. The second-order valence-corrected chi connectivity index (χ2v) is 14.5. The minimum absolute atomic E-state index is 0.0499. The maximum Gasteiger partial charge on any atom is 0.303 e. The van der Waals surface area contributed by atoms with E-state index in [2.05, 4.69) is 43.4 Å². The monoisotopic (exact) mass is 502 g/mol. The molecule has 7 heteroatoms. The van der Waals surface area contributed by atoms with Crippen LogP contribution in [0.4, 0.5) is 0 Å². The van der Waals surface area contributed by atoms with Gasteiger partial charge in [0.25, 0.3) is 0 Å². The number of aliphatic carboxylic acids is 1. The van der Waals surface area contributed by atoms with Crippen LogP contribution in [0, 0.1) is 16.7 Å². The lowest BCUT2D eigenvalue weighted by atomic mass is 9.69. The van der Waals surface area contributed by atoms with Gasteiger partial charge in [-0.25, -0.2) is 12.7 Å². The molecule has 35 heavy (non-hydrogen) atoms. The molecular weight excluding hydrogens is 460 g/mol. The van der Waals surface area contributed by atoms with E-state index in [1.807, 2.05) is 6.92 Å². The fourth-order valence-electron chi connectivity index (χ4n) is 8.31. The third-order valence-electron chi connectivity index (χ3n) is 10.7. The number of hydrogen-bond acceptors (Lipinski definition) is 4. The molecule has 5 rings (SSSR count). The predicted molar refractivity (Wildman–Crippen MR) is 138 cm³/mol. The van der Waals surface area contributed by atoms with Gasteiger partial charge in [0.15, 0.2) is 0 Å². The molecule has 2 saturated carbocycles. The molecule has 4 atom stereocenters. The van der Waals surface area contributed by atoms with E-state index in [1.165, 1.54) is 11.1 Å². The molecule has 0 amide bonds. The smallest absolute Gasteiger partial charge is 0.303 e. The van der Waals surface area contributed by atoms with Crippen molar-refractivity contribution in [2.24, 2.45) is 16.7 Å². The van der Waals surface area contributed by atoms with Crippen LogP contribution in [0.5, 0.6) is 0 Å². The number of carboxylic acids is 1. The Morgan fingerprint density at radius 2 is 1.89 bits per heavy atom. The molecule has 1 aliphatic heterocycles. The maximum absolute atomic E-state index is 13.9. The third-order valence-corrected chi connectivity index (χ3v) is 12.7. The molecule has 3 fully saturated rings. The van der Waals surface area contributed by atoms with Gasteiger partial charge in [-0.15, -0.1) is 0 Å². The van der Waals surface area contributed by atoms with Gasteiger partial charge in [-0.1, -0.05) is 38.1 Å². The Balaban J connectivity index is 1.31. The van der Waals surface area contributed by atoms with E-state index in [9.17, 15) is 13.2 Å². The van der Waals surface area contributed by atoms with E-state index in [0.717, 1.165) is 44.9 Å². The summed E-state index contributed by atoms with van der Waals surface area (Å²) >= 11 is 0. The molecule has 1 heterocycles. The van der Waals surface area contributed by atoms with E-state index >= 15 is 0 Å². The summed E-state index contributed by atoms with van der Waals surface area (Å²) in [5.41, 5.74) is 2.69. The van der Waals surface area contributed by atoms with Crippen LogP contribution in [-0.4, -0.2) is 54.7 Å². The van der Waals surface area contributed by atoms with E-state index < -0.39 is 16.0 Å². The van der Waals surface area contributed by atoms with Crippen LogP contribution in [0.3, 0.4) is 0 Å². The van der Waals surface area contributed by atoms with E-state index in [1.54, 1.807) is 4.31 Å². The zero-order valence-electron chi connectivity index (χ0n) is 21.6. The van der Waals surface area contributed by atoms with Crippen LogP contribution in [0.15, 0.2) is 24.3 Å². The van der Waals surface area contributed by atoms with Crippen molar-refractivity contribution in [2.45, 2.75) is 96.1 Å². The Morgan fingerprint density at radius 3 is 2.57 bits per heavy atom. The third kappa shape index (κ3) is 4.15. The minimum atomic E-state index is -3.40. The van der Waals surface area contributed by atoms with Crippen LogP contribution in [0.25, 0.3) is 0 Å². The zero-order valence-corrected chi connectivity index (χ0v) is 22.4. The average Bonchev–Trinajstić information content (AvgIpc) is 3.35. The Kier molecular flexibility index (Phi) is 6.37. The van der Waals surface area contributed by atoms with Crippen LogP contribution in [-0.2, 0) is 26.7 Å². The molecule has 0 aromatic heterocycles. The van der Waals surface area contributed by atoms with Gasteiger partial charge in [0, 0.05) is 37.0 Å². The molecule has 1 aromatic carbocycles. The lowest BCUT2D eigenvalue weighted by Crippen LogP contribution is -2.55. The van der Waals surface area contributed by atoms with Crippen LogP contribution >= 0.6 is 0 Å². The van der Waals surface area contributed by atoms with Gasteiger partial charge in [0.2, 0.25) is 10.0 Å². The normalized spacial score (nSPS) is 32.1. The number of carbonyl (C=O) groups is 1. The Bertz CT molecular complexity index is 1080. The number of carboxylic acid groups (broad SMARTS) is 1. The molecule has 0 radical (unpaired) electrons. The lowest BCUT2D eigenvalue weighted by Gasteiger charge is -2.46. The molecule has 194 valence electrons. The Labute approximate surface area is 210 Å². The fraction of sp³-hybridized carbons (Fsp3) is 0.750. The Hall–Kier alpha value is -1.44. The first-order valence-electron chi connectivity index (χ1n) is 13.5. The highest BCUT2D eigenvalue weighted by Gasteiger charge is 2.65. The summed E-state index contributed by atoms with van der Waals surface area (Å²) < 4.78 is 29.6. The van der Waals surface area contributed by atoms with Crippen molar-refractivity contribution in [3.8, 4) is 0 Å². The molecular formula is C28H42N2O4S. The number of aryl methyl sites for hydroxylation is 1. The van der Waals surface area contributed by atoms with Crippen LogP contribution in [0.2, 0.25) is 0 Å². The molecule has 1 unspecified atom stereocenters. The SMILES string of the molecule is CC(CCC(=O)O)N[C@H]1C[C@H]2CC[C@]1(CS(=O)(=O)N1CCC3(CCc4ccccc43)CC1)C2(C)C. The second kappa shape index (κ2) is 8.84. The lowest BCUT2D eigenvalue weighted by molar-refractivity contribution is -0.137. The van der Waals surface area contributed by atoms with Crippen LogP contribution < -0.4 is 5.32 Å². The number of rotatable bonds is 8. The van der Waals surface area contributed by atoms with Gasteiger partial charge in [-0.3, -0.25) is 4.79 Å². The highest BCUT2D eigenvalue weighted by Crippen LogP contribution is 2.66. The van der Waals surface area contributed by atoms with Crippen molar-refractivity contribution in [3.05, 3.63) is 35.4 Å². The standard InChI is InChI=1S/C28H42N2O4S/c1-20(8-9-25(31)32)29-24-18-22-11-13-28(24,26(22,2)3)19-35(33,34)30-16-14-27(15-17-30)12-10-21-6-4-5-7-23(21)27/h4-7,20,22,24,29H,8-19H2,1-3H3,(H,31,32)/t20?,22-,24+,28-/m1/s1. The summed E-state index contributed by atoms with van der Waals surface area (Å²) in [6, 6.07) is 8.90. The van der Waals surface area contributed by atoms with Crippen molar-refractivity contribution >= 4 is 16.0 Å². The molecule has 1 saturated heterocycles. The number of nitrogens with one attached hydrogen (secondary N) is 1. The van der Waals surface area contributed by atoms with Crippen molar-refractivity contribution in [1.82, 2.24) is 9.62 Å². The molecule has 1 aromatic rings. The first-order chi connectivity index (χ1) is 16.5. The Morgan fingerprint density at radius 1 is 1.17 bits per heavy atom. The van der Waals surface area contributed by atoms with Gasteiger partial charge in [0.1, 0.15) is 0 Å². The van der Waals surface area contributed by atoms with Gasteiger partial charge in [-0.2, -0.15) is 0 Å². The number of nitrogens with zero attached hydrogens (tertiary/aromatic N) is 1. The summed E-state index contributed by atoms with van der Waals surface area (Å²) in [6.45, 7) is 7.80. The molecule has 2 N–H and O–H groups in total. The number of hydrogen-bond donors (Lipinski definition) is 2. The van der Waals surface area contributed by atoms with Crippen molar-refractivity contribution in [3.63, 3.8) is 0 Å². The van der Waals surface area contributed by atoms with E-state index in [-0.39, 0.29) is 40.5 Å². The predicted octanol–water partition coefficient (Wildman–Crippen LogP) is 4.33. The number of piperidine rings is 1. The summed E-state index contributed by atoms with van der Waals surface area (Å²) in [5.74, 6) is -0.0605. The van der Waals surface area contributed by atoms with Gasteiger partial charge >= 0.3 is 5.97 Å². The number of sulfonamides is 1. The topological polar surface area (TPSA) is 86.7 Å². The van der Waals surface area contributed by atoms with E-state index in [0.29, 0.717) is 25.4 Å². The molecule has 1 spiro atoms. The van der Waals surface area contributed by atoms with Crippen molar-refractivity contribution in [1.29, 1.82) is 0 Å². The maximum atomic E-state index is 13.9. The summed E-state index contributed by atoms with van der Waals surface area (Å²) in [5, 5.41) is 12.8.